The van der Waals surface area contributed by atoms with Gasteiger partial charge in [-0.05, 0) is 30.5 Å². The average molecular weight is 244 g/mol. The van der Waals surface area contributed by atoms with Gasteiger partial charge < -0.3 is 9.16 Å². The number of hydrogen-bond donors (Lipinski definition) is 0. The molecule has 1 aliphatic heterocycles. The van der Waals surface area contributed by atoms with Crippen LogP contribution in [0.4, 0.5) is 0 Å². The summed E-state index contributed by atoms with van der Waals surface area (Å²) in [6, 6.07) is 0. The zero-order valence-electron chi connectivity index (χ0n) is 11.8. The van der Waals surface area contributed by atoms with Crippen molar-refractivity contribution in [2.24, 2.45) is 5.92 Å². The first-order valence-electron chi connectivity index (χ1n) is 6.52. The third-order valence-corrected chi connectivity index (χ3v) is 8.68. The molecule has 2 nitrogen and oxygen atoms in total. The maximum atomic E-state index is 6.18. The minimum atomic E-state index is -1.58. The lowest BCUT2D eigenvalue weighted by molar-refractivity contribution is 0.0609. The number of ether oxygens (including phenoxy) is 1. The fourth-order valence-corrected chi connectivity index (χ4v) is 2.73. The van der Waals surface area contributed by atoms with Crippen molar-refractivity contribution < 1.29 is 9.16 Å². The van der Waals surface area contributed by atoms with E-state index in [0.29, 0.717) is 11.1 Å². The average Bonchev–Trinajstić information content (AvgIpc) is 2.60. The maximum absolute atomic E-state index is 6.18. The molecule has 0 amide bonds. The van der Waals surface area contributed by atoms with Crippen LogP contribution in [-0.2, 0) is 9.16 Å². The number of rotatable bonds is 4. The Bertz CT molecular complexity index is 220. The van der Waals surface area contributed by atoms with E-state index in [0.717, 1.165) is 19.1 Å². The van der Waals surface area contributed by atoms with E-state index in [-0.39, 0.29) is 0 Å². The Morgan fingerprint density at radius 1 is 1.31 bits per heavy atom. The van der Waals surface area contributed by atoms with Crippen molar-refractivity contribution in [2.45, 2.75) is 64.8 Å². The maximum Gasteiger partial charge on any atom is 0.192 e. The molecular weight excluding hydrogens is 216 g/mol. The van der Waals surface area contributed by atoms with Gasteiger partial charge in [-0.3, -0.25) is 0 Å². The molecule has 1 rings (SSSR count). The van der Waals surface area contributed by atoms with Gasteiger partial charge in [-0.15, -0.1) is 0 Å². The Hall–Kier alpha value is 0.137. The highest BCUT2D eigenvalue weighted by Crippen LogP contribution is 2.37. The molecule has 2 unspecified atom stereocenters. The fraction of sp³-hybridized carbons (Fsp3) is 1.00. The van der Waals surface area contributed by atoms with Crippen LogP contribution in [0.5, 0.6) is 0 Å². The highest BCUT2D eigenvalue weighted by molar-refractivity contribution is 6.74. The minimum Gasteiger partial charge on any atom is -0.414 e. The third-order valence-electron chi connectivity index (χ3n) is 4.18. The lowest BCUT2D eigenvalue weighted by Crippen LogP contribution is -2.42. The molecule has 0 saturated carbocycles. The molecule has 0 radical (unpaired) electrons. The zero-order chi connectivity index (χ0) is 12.4. The predicted molar refractivity (Wildman–Crippen MR) is 71.3 cm³/mol. The second-order valence-electron chi connectivity index (χ2n) is 6.54. The summed E-state index contributed by atoms with van der Waals surface area (Å²) in [7, 11) is -1.58. The molecule has 3 heteroatoms. The zero-order valence-corrected chi connectivity index (χ0v) is 12.8. The van der Waals surface area contributed by atoms with Crippen LogP contribution in [0, 0.1) is 5.92 Å². The Labute approximate surface area is 102 Å². The van der Waals surface area contributed by atoms with Crippen molar-refractivity contribution in [3.05, 3.63) is 0 Å². The normalized spacial score (nSPS) is 27.4. The first-order valence-corrected chi connectivity index (χ1v) is 9.42. The second kappa shape index (κ2) is 5.19. The topological polar surface area (TPSA) is 18.5 Å². The molecule has 0 aromatic rings. The first-order chi connectivity index (χ1) is 7.26. The molecule has 1 fully saturated rings. The summed E-state index contributed by atoms with van der Waals surface area (Å²) < 4.78 is 11.9. The van der Waals surface area contributed by atoms with Crippen LogP contribution in [0.25, 0.3) is 0 Å². The molecule has 0 N–H and O–H groups in total. The van der Waals surface area contributed by atoms with Crippen LogP contribution in [0.3, 0.4) is 0 Å². The number of hydrogen-bond acceptors (Lipinski definition) is 2. The van der Waals surface area contributed by atoms with Crippen LogP contribution >= 0.6 is 0 Å². The molecule has 1 aliphatic rings. The lowest BCUT2D eigenvalue weighted by atomic mass is 10.0. The Kier molecular flexibility index (Phi) is 4.61. The van der Waals surface area contributed by atoms with Gasteiger partial charge >= 0.3 is 0 Å². The quantitative estimate of drug-likeness (QED) is 0.700. The highest BCUT2D eigenvalue weighted by atomic mass is 28.4. The van der Waals surface area contributed by atoms with Gasteiger partial charge in [-0.25, -0.2) is 0 Å². The molecule has 0 aromatic heterocycles. The van der Waals surface area contributed by atoms with Crippen LogP contribution in [-0.4, -0.2) is 27.6 Å². The van der Waals surface area contributed by atoms with E-state index >= 15 is 0 Å². The predicted octanol–water partition coefficient (Wildman–Crippen LogP) is 3.82. The molecule has 0 spiro atoms. The van der Waals surface area contributed by atoms with Gasteiger partial charge in [0.2, 0.25) is 0 Å². The van der Waals surface area contributed by atoms with Crippen molar-refractivity contribution in [3.8, 4) is 0 Å². The van der Waals surface area contributed by atoms with E-state index in [2.05, 4.69) is 40.8 Å². The van der Waals surface area contributed by atoms with E-state index in [1.54, 1.807) is 0 Å². The Morgan fingerprint density at radius 3 is 2.38 bits per heavy atom. The summed E-state index contributed by atoms with van der Waals surface area (Å²) in [6.07, 6.45) is 2.76. The van der Waals surface area contributed by atoms with Crippen LogP contribution in [0.2, 0.25) is 18.1 Å². The minimum absolute atomic E-state index is 0.301. The van der Waals surface area contributed by atoms with E-state index in [9.17, 15) is 0 Å². The molecule has 0 aliphatic carbocycles. The van der Waals surface area contributed by atoms with Gasteiger partial charge in [0, 0.05) is 6.61 Å². The molecule has 0 aromatic carbocycles. The molecule has 0 bridgehead atoms. The second-order valence-corrected chi connectivity index (χ2v) is 11.3. The molecular formula is C13H28O2Si. The molecule has 16 heavy (non-hydrogen) atoms. The van der Waals surface area contributed by atoms with Crippen molar-refractivity contribution in [1.29, 1.82) is 0 Å². The fourth-order valence-electron chi connectivity index (χ4n) is 1.70. The summed E-state index contributed by atoms with van der Waals surface area (Å²) in [4.78, 5) is 0. The first kappa shape index (κ1) is 14.2. The van der Waals surface area contributed by atoms with E-state index in [1.165, 1.54) is 12.8 Å². The smallest absolute Gasteiger partial charge is 0.192 e. The monoisotopic (exact) mass is 244 g/mol. The SMILES string of the molecule is CCC1COC(CO[Si](C)(C)C(C)(C)C)C1. The van der Waals surface area contributed by atoms with E-state index in [1.807, 2.05) is 0 Å². The van der Waals surface area contributed by atoms with Gasteiger partial charge in [0.05, 0.1) is 12.7 Å². The highest BCUT2D eigenvalue weighted by Gasteiger charge is 2.38. The van der Waals surface area contributed by atoms with Gasteiger partial charge in [-0.1, -0.05) is 34.1 Å². The summed E-state index contributed by atoms with van der Waals surface area (Å²) in [5, 5.41) is 0.301. The standard InChI is InChI=1S/C13H28O2Si/c1-7-11-8-12(14-9-11)10-15-16(5,6)13(2,3)4/h11-12H,7-10H2,1-6H3. The molecule has 1 heterocycles. The Morgan fingerprint density at radius 2 is 1.94 bits per heavy atom. The van der Waals surface area contributed by atoms with Crippen LogP contribution in [0.15, 0.2) is 0 Å². The van der Waals surface area contributed by atoms with Crippen molar-refractivity contribution in [3.63, 3.8) is 0 Å². The molecule has 2 atom stereocenters. The van der Waals surface area contributed by atoms with E-state index in [4.69, 9.17) is 9.16 Å². The lowest BCUT2D eigenvalue weighted by Gasteiger charge is -2.36. The third kappa shape index (κ3) is 3.57. The molecule has 96 valence electrons. The van der Waals surface area contributed by atoms with Crippen molar-refractivity contribution in [1.82, 2.24) is 0 Å². The summed E-state index contributed by atoms with van der Waals surface area (Å²) in [5.74, 6) is 0.757. The Balaban J connectivity index is 2.35. The van der Waals surface area contributed by atoms with Crippen molar-refractivity contribution in [2.75, 3.05) is 13.2 Å². The molecule has 1 saturated heterocycles. The largest absolute Gasteiger partial charge is 0.414 e. The summed E-state index contributed by atoms with van der Waals surface area (Å²) >= 11 is 0. The van der Waals surface area contributed by atoms with Gasteiger partial charge in [0.15, 0.2) is 8.32 Å². The van der Waals surface area contributed by atoms with Gasteiger partial charge in [0.1, 0.15) is 0 Å². The summed E-state index contributed by atoms with van der Waals surface area (Å²) in [5.41, 5.74) is 0. The van der Waals surface area contributed by atoms with Crippen LogP contribution < -0.4 is 0 Å². The van der Waals surface area contributed by atoms with Gasteiger partial charge in [-0.2, -0.15) is 0 Å². The van der Waals surface area contributed by atoms with Crippen LogP contribution in [0.1, 0.15) is 40.5 Å². The van der Waals surface area contributed by atoms with Crippen molar-refractivity contribution >= 4 is 8.32 Å². The van der Waals surface area contributed by atoms with E-state index < -0.39 is 8.32 Å². The summed E-state index contributed by atoms with van der Waals surface area (Å²) in [6.45, 7) is 15.4. The van der Waals surface area contributed by atoms with Gasteiger partial charge in [0.25, 0.3) is 0 Å².